The van der Waals surface area contributed by atoms with E-state index in [-0.39, 0.29) is 12.4 Å². The first kappa shape index (κ1) is 18.9. The smallest absolute Gasteiger partial charge is 0.336 e. The number of amides is 1. The molecule has 0 aliphatic rings. The number of nitrogens with zero attached hydrogens (tertiary/aromatic N) is 3. The highest BCUT2D eigenvalue weighted by atomic mass is 32.1. The fraction of sp³-hybridized carbons (Fsp3) is 0.200. The molecule has 0 radical (unpaired) electrons. The monoisotopic (exact) mass is 410 g/mol. The molecule has 1 amide bonds. The van der Waals surface area contributed by atoms with E-state index in [2.05, 4.69) is 10.5 Å². The van der Waals surface area contributed by atoms with E-state index in [9.17, 15) is 14.4 Å². The Hall–Kier alpha value is -3.46. The van der Waals surface area contributed by atoms with Gasteiger partial charge in [0, 0.05) is 6.07 Å². The minimum Gasteiger partial charge on any atom is -0.360 e. The minimum atomic E-state index is -0.568. The quantitative estimate of drug-likeness (QED) is 0.558. The van der Waals surface area contributed by atoms with Crippen LogP contribution in [0.15, 0.2) is 49.8 Å². The van der Waals surface area contributed by atoms with Gasteiger partial charge >= 0.3 is 5.69 Å². The molecule has 0 saturated heterocycles. The summed E-state index contributed by atoms with van der Waals surface area (Å²) in [6.07, 6.45) is 0. The first-order valence-electron chi connectivity index (χ1n) is 8.89. The predicted octanol–water partition coefficient (Wildman–Crippen LogP) is 2.77. The summed E-state index contributed by atoms with van der Waals surface area (Å²) in [6.45, 7) is 5.18. The number of benzene rings is 1. The molecule has 3 heterocycles. The van der Waals surface area contributed by atoms with Crippen LogP contribution >= 0.6 is 11.3 Å². The Balaban J connectivity index is 1.85. The molecule has 29 heavy (non-hydrogen) atoms. The highest BCUT2D eigenvalue weighted by molar-refractivity contribution is 7.17. The van der Waals surface area contributed by atoms with Crippen molar-refractivity contribution in [1.29, 1.82) is 0 Å². The molecule has 3 aromatic heterocycles. The largest absolute Gasteiger partial charge is 0.360 e. The summed E-state index contributed by atoms with van der Waals surface area (Å²) in [5, 5.41) is 8.06. The van der Waals surface area contributed by atoms with Crippen molar-refractivity contribution < 1.29 is 9.32 Å². The molecule has 148 valence electrons. The zero-order valence-corrected chi connectivity index (χ0v) is 16.9. The van der Waals surface area contributed by atoms with E-state index < -0.39 is 17.2 Å². The lowest BCUT2D eigenvalue weighted by Crippen LogP contribution is -2.40. The van der Waals surface area contributed by atoms with Gasteiger partial charge in [-0.2, -0.15) is 0 Å². The van der Waals surface area contributed by atoms with Gasteiger partial charge < -0.3 is 9.84 Å². The molecule has 0 saturated carbocycles. The van der Waals surface area contributed by atoms with Crippen LogP contribution in [-0.4, -0.2) is 20.2 Å². The third-order valence-electron chi connectivity index (χ3n) is 4.56. The summed E-state index contributed by atoms with van der Waals surface area (Å²) in [5.41, 5.74) is 1.70. The molecule has 0 fully saturated rings. The molecule has 4 rings (SSSR count). The number of thiophene rings is 1. The summed E-state index contributed by atoms with van der Waals surface area (Å²) in [5.74, 6) is 0.380. The van der Waals surface area contributed by atoms with Crippen LogP contribution in [0, 0.1) is 20.8 Å². The van der Waals surface area contributed by atoms with Crippen molar-refractivity contribution >= 4 is 33.3 Å². The molecule has 0 aliphatic carbocycles. The second-order valence-electron chi connectivity index (χ2n) is 6.81. The van der Waals surface area contributed by atoms with Gasteiger partial charge in [-0.05, 0) is 49.4 Å². The number of rotatable bonds is 4. The van der Waals surface area contributed by atoms with E-state index >= 15 is 0 Å². The van der Waals surface area contributed by atoms with Gasteiger partial charge in [-0.15, -0.1) is 11.3 Å². The predicted molar refractivity (Wildman–Crippen MR) is 111 cm³/mol. The van der Waals surface area contributed by atoms with Crippen LogP contribution in [0.5, 0.6) is 0 Å². The van der Waals surface area contributed by atoms with Gasteiger partial charge in [0.2, 0.25) is 5.91 Å². The molecular weight excluding hydrogens is 392 g/mol. The Morgan fingerprint density at radius 2 is 1.97 bits per heavy atom. The van der Waals surface area contributed by atoms with Crippen molar-refractivity contribution in [3.8, 4) is 5.69 Å². The lowest BCUT2D eigenvalue weighted by Gasteiger charge is -2.14. The van der Waals surface area contributed by atoms with Gasteiger partial charge in [0.1, 0.15) is 17.0 Å². The van der Waals surface area contributed by atoms with Crippen LogP contribution in [0.4, 0.5) is 5.82 Å². The molecule has 1 N–H and O–H groups in total. The second-order valence-corrected chi connectivity index (χ2v) is 7.72. The molecule has 0 unspecified atom stereocenters. The fourth-order valence-electron chi connectivity index (χ4n) is 3.16. The SMILES string of the molecule is Cc1ccc(C)c(-n2c(=O)c3sccc3n(CC(=O)Nc3cc(C)on3)c2=O)c1. The Bertz CT molecular complexity index is 1360. The number of hydrogen-bond donors (Lipinski definition) is 1. The van der Waals surface area contributed by atoms with E-state index in [4.69, 9.17) is 4.52 Å². The van der Waals surface area contributed by atoms with Crippen molar-refractivity contribution in [3.05, 3.63) is 73.4 Å². The molecule has 0 atom stereocenters. The number of nitrogens with one attached hydrogen (secondary N) is 1. The van der Waals surface area contributed by atoms with Crippen LogP contribution in [0.2, 0.25) is 0 Å². The standard InChI is InChI=1S/C20H18N4O4S/c1-11-4-5-12(2)15(8-11)24-19(26)18-14(6-7-29-18)23(20(24)27)10-17(25)21-16-9-13(3)28-22-16/h4-9H,10H2,1-3H3,(H,21,22,25). The second kappa shape index (κ2) is 7.17. The first-order chi connectivity index (χ1) is 13.8. The van der Waals surface area contributed by atoms with Crippen LogP contribution in [0.3, 0.4) is 0 Å². The third kappa shape index (κ3) is 3.40. The average Bonchev–Trinajstić information content (AvgIpc) is 3.31. The van der Waals surface area contributed by atoms with Crippen LogP contribution in [0.1, 0.15) is 16.9 Å². The molecule has 0 bridgehead atoms. The van der Waals surface area contributed by atoms with Gasteiger partial charge in [0.05, 0.1) is 11.2 Å². The maximum absolute atomic E-state index is 13.3. The van der Waals surface area contributed by atoms with E-state index in [1.165, 1.54) is 15.9 Å². The number of anilines is 1. The van der Waals surface area contributed by atoms with Crippen LogP contribution in [-0.2, 0) is 11.3 Å². The fourth-order valence-corrected chi connectivity index (χ4v) is 3.99. The van der Waals surface area contributed by atoms with E-state index in [0.717, 1.165) is 15.7 Å². The molecule has 0 aliphatic heterocycles. The Morgan fingerprint density at radius 3 is 2.69 bits per heavy atom. The summed E-state index contributed by atoms with van der Waals surface area (Å²) in [6, 6.07) is 8.82. The number of aromatic nitrogens is 3. The molecule has 0 spiro atoms. The Labute approximate surface area is 169 Å². The summed E-state index contributed by atoms with van der Waals surface area (Å²) >= 11 is 1.24. The van der Waals surface area contributed by atoms with Crippen molar-refractivity contribution in [2.75, 3.05) is 5.32 Å². The van der Waals surface area contributed by atoms with Gasteiger partial charge in [0.15, 0.2) is 5.82 Å². The maximum atomic E-state index is 13.3. The third-order valence-corrected chi connectivity index (χ3v) is 5.45. The highest BCUT2D eigenvalue weighted by Crippen LogP contribution is 2.18. The maximum Gasteiger partial charge on any atom is 0.336 e. The number of aryl methyl sites for hydroxylation is 3. The molecule has 4 aromatic rings. The van der Waals surface area contributed by atoms with Gasteiger partial charge in [0.25, 0.3) is 5.56 Å². The summed E-state index contributed by atoms with van der Waals surface area (Å²) < 4.78 is 7.79. The van der Waals surface area contributed by atoms with Crippen LogP contribution < -0.4 is 16.6 Å². The summed E-state index contributed by atoms with van der Waals surface area (Å²) in [7, 11) is 0. The highest BCUT2D eigenvalue weighted by Gasteiger charge is 2.19. The molecule has 9 heteroatoms. The van der Waals surface area contributed by atoms with Crippen LogP contribution in [0.25, 0.3) is 15.9 Å². The van der Waals surface area contributed by atoms with Gasteiger partial charge in [-0.25, -0.2) is 9.36 Å². The number of hydrogen-bond acceptors (Lipinski definition) is 6. The molecular formula is C20H18N4O4S. The van der Waals surface area contributed by atoms with Gasteiger partial charge in [-0.1, -0.05) is 17.3 Å². The van der Waals surface area contributed by atoms with Crippen molar-refractivity contribution in [2.24, 2.45) is 0 Å². The average molecular weight is 410 g/mol. The van der Waals surface area contributed by atoms with E-state index in [1.54, 1.807) is 30.5 Å². The van der Waals surface area contributed by atoms with E-state index in [0.29, 0.717) is 21.7 Å². The molecule has 8 nitrogen and oxygen atoms in total. The van der Waals surface area contributed by atoms with Crippen molar-refractivity contribution in [2.45, 2.75) is 27.3 Å². The van der Waals surface area contributed by atoms with E-state index in [1.807, 2.05) is 26.0 Å². The Kier molecular flexibility index (Phi) is 4.67. The zero-order chi connectivity index (χ0) is 20.7. The van der Waals surface area contributed by atoms with Gasteiger partial charge in [-0.3, -0.25) is 14.2 Å². The minimum absolute atomic E-state index is 0.261. The van der Waals surface area contributed by atoms with Crippen molar-refractivity contribution in [3.63, 3.8) is 0 Å². The number of carbonyl (C=O) groups is 1. The normalized spacial score (nSPS) is 11.1. The molecule has 1 aromatic carbocycles. The number of carbonyl (C=O) groups excluding carboxylic acids is 1. The topological polar surface area (TPSA) is 99.1 Å². The lowest BCUT2D eigenvalue weighted by molar-refractivity contribution is -0.116. The first-order valence-corrected chi connectivity index (χ1v) is 9.77. The lowest BCUT2D eigenvalue weighted by atomic mass is 10.1. The van der Waals surface area contributed by atoms with Crippen molar-refractivity contribution in [1.82, 2.24) is 14.3 Å². The zero-order valence-electron chi connectivity index (χ0n) is 16.1. The summed E-state index contributed by atoms with van der Waals surface area (Å²) in [4.78, 5) is 38.8. The Morgan fingerprint density at radius 1 is 1.17 bits per heavy atom. The number of fused-ring (bicyclic) bond motifs is 1.